The minimum atomic E-state index is -2.24. The van der Waals surface area contributed by atoms with Crippen LogP contribution >= 0.6 is 0 Å². The van der Waals surface area contributed by atoms with Gasteiger partial charge in [0.25, 0.3) is 0 Å². The van der Waals surface area contributed by atoms with Gasteiger partial charge in [0, 0.05) is 18.7 Å². The lowest BCUT2D eigenvalue weighted by molar-refractivity contribution is 0.0191. The van der Waals surface area contributed by atoms with Crippen molar-refractivity contribution in [3.05, 3.63) is 70.3 Å². The van der Waals surface area contributed by atoms with Crippen LogP contribution in [0.4, 0.5) is 17.6 Å². The maximum atomic E-state index is 13.8. The molecule has 3 atom stereocenters. The van der Waals surface area contributed by atoms with Gasteiger partial charge in [0.15, 0.2) is 29.1 Å². The number of hydrogen-bond donors (Lipinski definition) is 3. The van der Waals surface area contributed by atoms with Crippen molar-refractivity contribution in [2.75, 3.05) is 7.11 Å². The molecule has 2 aromatic rings. The molecule has 1 aliphatic rings. The first-order chi connectivity index (χ1) is 12.8. The van der Waals surface area contributed by atoms with Crippen LogP contribution in [0.15, 0.2) is 30.3 Å². The van der Waals surface area contributed by atoms with Gasteiger partial charge < -0.3 is 15.3 Å². The van der Waals surface area contributed by atoms with Crippen LogP contribution in [0.25, 0.3) is 0 Å². The number of benzene rings is 2. The first-order valence-corrected chi connectivity index (χ1v) is 8.11. The first-order valence-electron chi connectivity index (χ1n) is 8.11. The average molecular weight is 388 g/mol. The number of aliphatic hydroxyl groups excluding tert-OH is 3. The summed E-state index contributed by atoms with van der Waals surface area (Å²) >= 11 is 0. The van der Waals surface area contributed by atoms with Crippen molar-refractivity contribution in [1.82, 2.24) is 0 Å². The molecule has 0 amide bonds. The molecule has 27 heavy (non-hydrogen) atoms. The number of carbonyl (C=O) groups is 1. The van der Waals surface area contributed by atoms with Gasteiger partial charge in [-0.2, -0.15) is 0 Å². The molecule has 3 rings (SSSR count). The molecule has 0 heterocycles. The Morgan fingerprint density at radius 3 is 1.93 bits per heavy atom. The van der Waals surface area contributed by atoms with Crippen molar-refractivity contribution in [3.8, 4) is 0 Å². The van der Waals surface area contributed by atoms with Gasteiger partial charge in [-0.3, -0.25) is 4.79 Å². The van der Waals surface area contributed by atoms with E-state index in [1.165, 1.54) is 24.3 Å². The standard InChI is InChI=1S/C16H10F4O3.C2H6.CH4O/c17-8-5-9(18)13(20)10(12(8)19)16(23)11-14(21)6-3-1-2-4-7(6)15(11)22;2*1-2/h1-5,11,14,16,21,23H;1-2H3;2H,1H3. The lowest BCUT2D eigenvalue weighted by Crippen LogP contribution is -2.25. The zero-order valence-electron chi connectivity index (χ0n) is 14.9. The van der Waals surface area contributed by atoms with Gasteiger partial charge in [0.05, 0.1) is 23.7 Å². The maximum Gasteiger partial charge on any atom is 0.172 e. The van der Waals surface area contributed by atoms with Crippen molar-refractivity contribution < 1.29 is 37.7 Å². The van der Waals surface area contributed by atoms with Crippen molar-refractivity contribution in [2.24, 2.45) is 5.92 Å². The van der Waals surface area contributed by atoms with E-state index >= 15 is 0 Å². The number of aliphatic hydroxyl groups is 3. The van der Waals surface area contributed by atoms with Gasteiger partial charge >= 0.3 is 0 Å². The summed E-state index contributed by atoms with van der Waals surface area (Å²) in [6.07, 6.45) is -3.78. The lowest BCUT2D eigenvalue weighted by atomic mass is 9.90. The van der Waals surface area contributed by atoms with E-state index in [2.05, 4.69) is 0 Å². The molecule has 0 spiro atoms. The second kappa shape index (κ2) is 9.59. The summed E-state index contributed by atoms with van der Waals surface area (Å²) in [4.78, 5) is 12.3. The number of Topliss-reactive ketones (excluding diaryl/α,β-unsaturated/α-hetero) is 1. The number of fused-ring (bicyclic) bond motifs is 1. The predicted octanol–water partition coefficient (Wildman–Crippen LogP) is 3.46. The Kier molecular flexibility index (Phi) is 8.08. The molecular formula is C19H20F4O4. The minimum Gasteiger partial charge on any atom is -0.400 e. The van der Waals surface area contributed by atoms with Crippen LogP contribution < -0.4 is 0 Å². The van der Waals surface area contributed by atoms with Crippen molar-refractivity contribution in [2.45, 2.75) is 26.1 Å². The third-order valence-electron chi connectivity index (χ3n) is 3.97. The molecule has 0 aliphatic heterocycles. The SMILES string of the molecule is CC.CO.O=C1c2ccccc2C(O)C1C(O)c1c(F)c(F)cc(F)c1F. The minimum absolute atomic E-state index is 0.00251. The summed E-state index contributed by atoms with van der Waals surface area (Å²) < 4.78 is 54.2. The lowest BCUT2D eigenvalue weighted by Gasteiger charge is -2.22. The summed E-state index contributed by atoms with van der Waals surface area (Å²) in [5.74, 6) is -9.41. The van der Waals surface area contributed by atoms with Crippen LogP contribution in [0.5, 0.6) is 0 Å². The molecule has 0 aromatic heterocycles. The van der Waals surface area contributed by atoms with Crippen molar-refractivity contribution in [3.63, 3.8) is 0 Å². The van der Waals surface area contributed by atoms with Crippen LogP contribution in [0.3, 0.4) is 0 Å². The highest BCUT2D eigenvalue weighted by Crippen LogP contribution is 2.44. The van der Waals surface area contributed by atoms with Gasteiger partial charge in [-0.05, 0) is 5.56 Å². The monoisotopic (exact) mass is 388 g/mol. The number of rotatable bonds is 2. The van der Waals surface area contributed by atoms with Gasteiger partial charge in [0.2, 0.25) is 0 Å². The quantitative estimate of drug-likeness (QED) is 0.544. The topological polar surface area (TPSA) is 77.8 Å². The molecule has 8 heteroatoms. The highest BCUT2D eigenvalue weighted by Gasteiger charge is 2.45. The Hall–Kier alpha value is -2.29. The third kappa shape index (κ3) is 4.02. The molecule has 4 nitrogen and oxygen atoms in total. The Bertz CT molecular complexity index is 784. The van der Waals surface area contributed by atoms with Gasteiger partial charge in [-0.25, -0.2) is 17.6 Å². The van der Waals surface area contributed by atoms with E-state index in [4.69, 9.17) is 5.11 Å². The zero-order valence-corrected chi connectivity index (χ0v) is 14.9. The van der Waals surface area contributed by atoms with E-state index in [0.717, 1.165) is 7.11 Å². The second-order valence-electron chi connectivity index (χ2n) is 5.25. The fourth-order valence-corrected chi connectivity index (χ4v) is 2.84. The maximum absolute atomic E-state index is 13.8. The fraction of sp³-hybridized carbons (Fsp3) is 0.316. The largest absolute Gasteiger partial charge is 0.400 e. The number of halogens is 4. The molecular weight excluding hydrogens is 368 g/mol. The first kappa shape index (κ1) is 22.8. The number of carbonyl (C=O) groups excluding carboxylic acids is 1. The summed E-state index contributed by atoms with van der Waals surface area (Å²) in [5, 5.41) is 27.3. The van der Waals surface area contributed by atoms with E-state index < -0.39 is 52.7 Å². The van der Waals surface area contributed by atoms with Crippen molar-refractivity contribution in [1.29, 1.82) is 0 Å². The molecule has 0 saturated heterocycles. The fourth-order valence-electron chi connectivity index (χ4n) is 2.84. The molecule has 0 saturated carbocycles. The smallest absolute Gasteiger partial charge is 0.172 e. The number of hydrogen-bond acceptors (Lipinski definition) is 4. The predicted molar refractivity (Wildman–Crippen MR) is 89.9 cm³/mol. The Labute approximate surface area is 153 Å². The Morgan fingerprint density at radius 2 is 1.44 bits per heavy atom. The molecule has 3 unspecified atom stereocenters. The summed E-state index contributed by atoms with van der Waals surface area (Å²) in [6, 6.07) is 5.85. The molecule has 148 valence electrons. The van der Waals surface area contributed by atoms with Gasteiger partial charge in [-0.15, -0.1) is 0 Å². The Balaban J connectivity index is 0.000000855. The average Bonchev–Trinajstić information content (AvgIpc) is 2.94. The second-order valence-corrected chi connectivity index (χ2v) is 5.25. The van der Waals surface area contributed by atoms with E-state index in [1.807, 2.05) is 13.8 Å². The summed E-state index contributed by atoms with van der Waals surface area (Å²) in [6.45, 7) is 4.00. The normalized spacial score (nSPS) is 18.7. The molecule has 2 aromatic carbocycles. The van der Waals surface area contributed by atoms with Crippen LogP contribution in [0.1, 0.15) is 47.5 Å². The summed E-state index contributed by atoms with van der Waals surface area (Å²) in [7, 11) is 1.00. The van der Waals surface area contributed by atoms with Crippen molar-refractivity contribution >= 4 is 5.78 Å². The highest BCUT2D eigenvalue weighted by atomic mass is 19.2. The number of ketones is 1. The molecule has 3 N–H and O–H groups in total. The van der Waals surface area contributed by atoms with E-state index in [0.29, 0.717) is 0 Å². The van der Waals surface area contributed by atoms with Crippen LogP contribution in [0, 0.1) is 29.2 Å². The molecule has 0 fully saturated rings. The van der Waals surface area contributed by atoms with Gasteiger partial charge in [0.1, 0.15) is 0 Å². The molecule has 0 radical (unpaired) electrons. The van der Waals surface area contributed by atoms with Crippen LogP contribution in [-0.4, -0.2) is 28.2 Å². The third-order valence-corrected chi connectivity index (χ3v) is 3.97. The van der Waals surface area contributed by atoms with Crippen LogP contribution in [0.2, 0.25) is 0 Å². The zero-order chi connectivity index (χ0) is 20.9. The highest BCUT2D eigenvalue weighted by molar-refractivity contribution is 6.03. The summed E-state index contributed by atoms with van der Waals surface area (Å²) in [5.41, 5.74) is -1.05. The van der Waals surface area contributed by atoms with Crippen LogP contribution in [-0.2, 0) is 0 Å². The van der Waals surface area contributed by atoms with Gasteiger partial charge in [-0.1, -0.05) is 38.1 Å². The Morgan fingerprint density at radius 1 is 0.963 bits per heavy atom. The van der Waals surface area contributed by atoms with E-state index in [9.17, 15) is 32.6 Å². The molecule has 0 bridgehead atoms. The van der Waals surface area contributed by atoms with E-state index in [-0.39, 0.29) is 17.2 Å². The molecule has 1 aliphatic carbocycles. The van der Waals surface area contributed by atoms with E-state index in [1.54, 1.807) is 0 Å².